The molecule has 0 aliphatic rings. The number of hydrazone groups is 1. The number of nitrogens with zero attached hydrogens (tertiary/aromatic N) is 5. The van der Waals surface area contributed by atoms with E-state index in [1.807, 2.05) is 43.3 Å². The molecule has 0 atom stereocenters. The first-order chi connectivity index (χ1) is 12.2. The van der Waals surface area contributed by atoms with Crippen molar-refractivity contribution in [1.82, 2.24) is 25.6 Å². The number of nitrogens with one attached hydrogen (secondary N) is 1. The van der Waals surface area contributed by atoms with E-state index >= 15 is 0 Å². The normalized spacial score (nSPS) is 11.6. The number of carbonyl (C=O) groups is 1. The Morgan fingerprint density at radius 2 is 1.88 bits per heavy atom. The molecule has 0 unspecified atom stereocenters. The van der Waals surface area contributed by atoms with Gasteiger partial charge in [-0.15, -0.1) is 5.10 Å². The maximum atomic E-state index is 12.1. The van der Waals surface area contributed by atoms with Crippen molar-refractivity contribution >= 4 is 18.2 Å². The molecule has 1 aromatic heterocycles. The highest BCUT2D eigenvalue weighted by molar-refractivity contribution is 5.95. The molecule has 0 aliphatic carbocycles. The van der Waals surface area contributed by atoms with Crippen LogP contribution in [0.25, 0.3) is 11.8 Å². The maximum absolute atomic E-state index is 12.1. The van der Waals surface area contributed by atoms with Gasteiger partial charge in [-0.25, -0.2) is 10.1 Å². The Balaban J connectivity index is 1.59. The van der Waals surface area contributed by atoms with Crippen molar-refractivity contribution in [1.29, 1.82) is 0 Å². The molecule has 7 heteroatoms. The number of aromatic nitrogens is 4. The SMILES string of the molecule is CC(/C=N/NC(=O)c1ccc(-n2cnnn2)cc1)=C\c1ccccc1. The van der Waals surface area contributed by atoms with Crippen LogP contribution < -0.4 is 5.43 Å². The molecular formula is C18H16N6O. The summed E-state index contributed by atoms with van der Waals surface area (Å²) in [5.74, 6) is -0.285. The van der Waals surface area contributed by atoms with Gasteiger partial charge in [0.1, 0.15) is 6.33 Å². The molecule has 2 aromatic carbocycles. The van der Waals surface area contributed by atoms with E-state index in [2.05, 4.69) is 26.1 Å². The number of carbonyl (C=O) groups excluding carboxylic acids is 1. The van der Waals surface area contributed by atoms with Gasteiger partial charge in [0.25, 0.3) is 5.91 Å². The Morgan fingerprint density at radius 3 is 2.56 bits per heavy atom. The summed E-state index contributed by atoms with van der Waals surface area (Å²) < 4.78 is 1.51. The lowest BCUT2D eigenvalue weighted by molar-refractivity contribution is 0.0955. The average Bonchev–Trinajstić information content (AvgIpc) is 3.17. The number of amides is 1. The summed E-state index contributed by atoms with van der Waals surface area (Å²) in [6, 6.07) is 16.8. The van der Waals surface area contributed by atoms with Gasteiger partial charge in [-0.05, 0) is 52.8 Å². The minimum atomic E-state index is -0.285. The molecule has 25 heavy (non-hydrogen) atoms. The zero-order valence-electron chi connectivity index (χ0n) is 13.6. The van der Waals surface area contributed by atoms with Crippen molar-refractivity contribution in [3.8, 4) is 5.69 Å². The molecule has 7 nitrogen and oxygen atoms in total. The summed E-state index contributed by atoms with van der Waals surface area (Å²) >= 11 is 0. The van der Waals surface area contributed by atoms with Crippen molar-refractivity contribution < 1.29 is 4.79 Å². The molecule has 0 saturated carbocycles. The van der Waals surface area contributed by atoms with E-state index in [0.717, 1.165) is 16.8 Å². The van der Waals surface area contributed by atoms with Gasteiger partial charge in [-0.1, -0.05) is 36.4 Å². The number of tetrazole rings is 1. The zero-order valence-corrected chi connectivity index (χ0v) is 13.6. The van der Waals surface area contributed by atoms with Crippen LogP contribution in [0.1, 0.15) is 22.8 Å². The summed E-state index contributed by atoms with van der Waals surface area (Å²) in [5, 5.41) is 14.9. The first kappa shape index (κ1) is 16.3. The minimum absolute atomic E-state index is 0.285. The third kappa shape index (κ3) is 4.44. The largest absolute Gasteiger partial charge is 0.271 e. The molecule has 0 saturated heterocycles. The molecule has 0 aliphatic heterocycles. The fourth-order valence-corrected chi connectivity index (χ4v) is 2.15. The van der Waals surface area contributed by atoms with Crippen LogP contribution in [-0.2, 0) is 0 Å². The van der Waals surface area contributed by atoms with E-state index in [0.29, 0.717) is 5.56 Å². The Morgan fingerprint density at radius 1 is 1.12 bits per heavy atom. The van der Waals surface area contributed by atoms with E-state index in [-0.39, 0.29) is 5.91 Å². The highest BCUT2D eigenvalue weighted by Gasteiger charge is 2.05. The fraction of sp³-hybridized carbons (Fsp3) is 0.0556. The Hall–Kier alpha value is -3.61. The van der Waals surface area contributed by atoms with Gasteiger partial charge >= 0.3 is 0 Å². The van der Waals surface area contributed by atoms with Gasteiger partial charge in [0.15, 0.2) is 0 Å². The lowest BCUT2D eigenvalue weighted by Gasteiger charge is -2.02. The Bertz CT molecular complexity index is 883. The number of hydrogen-bond acceptors (Lipinski definition) is 5. The topological polar surface area (TPSA) is 85.1 Å². The summed E-state index contributed by atoms with van der Waals surface area (Å²) in [7, 11) is 0. The molecule has 3 aromatic rings. The van der Waals surface area contributed by atoms with Crippen LogP contribution in [0.5, 0.6) is 0 Å². The summed E-state index contributed by atoms with van der Waals surface area (Å²) in [5.41, 5.74) is 5.79. The van der Waals surface area contributed by atoms with Gasteiger partial charge in [0.05, 0.1) is 11.9 Å². The Kier molecular flexibility index (Phi) is 5.06. The number of benzene rings is 2. The second-order valence-corrected chi connectivity index (χ2v) is 5.30. The molecular weight excluding hydrogens is 316 g/mol. The van der Waals surface area contributed by atoms with Crippen molar-refractivity contribution in [2.45, 2.75) is 6.92 Å². The maximum Gasteiger partial charge on any atom is 0.271 e. The molecule has 0 bridgehead atoms. The zero-order chi connectivity index (χ0) is 17.5. The van der Waals surface area contributed by atoms with Crippen molar-refractivity contribution in [2.24, 2.45) is 5.10 Å². The van der Waals surface area contributed by atoms with Crippen molar-refractivity contribution in [3.63, 3.8) is 0 Å². The Labute approximate surface area is 144 Å². The standard InChI is InChI=1S/C18H16N6O/c1-14(11-15-5-3-2-4-6-15)12-19-21-18(25)16-7-9-17(10-8-16)24-13-20-22-23-24/h2-13H,1H3,(H,21,25)/b14-11+,19-12+. The average molecular weight is 332 g/mol. The third-order valence-electron chi connectivity index (χ3n) is 3.37. The lowest BCUT2D eigenvalue weighted by Crippen LogP contribution is -2.17. The molecule has 1 heterocycles. The lowest BCUT2D eigenvalue weighted by atomic mass is 10.1. The molecule has 0 fully saturated rings. The molecule has 1 amide bonds. The van der Waals surface area contributed by atoms with E-state index in [4.69, 9.17) is 0 Å². The van der Waals surface area contributed by atoms with Crippen LogP contribution in [0.4, 0.5) is 0 Å². The van der Waals surface area contributed by atoms with Crippen LogP contribution in [0.2, 0.25) is 0 Å². The van der Waals surface area contributed by atoms with Crippen molar-refractivity contribution in [2.75, 3.05) is 0 Å². The van der Waals surface area contributed by atoms with E-state index in [9.17, 15) is 4.79 Å². The summed E-state index contributed by atoms with van der Waals surface area (Å²) in [6.07, 6.45) is 5.08. The van der Waals surface area contributed by atoms with Crippen LogP contribution in [0, 0.1) is 0 Å². The van der Waals surface area contributed by atoms with Crippen LogP contribution in [0.3, 0.4) is 0 Å². The monoisotopic (exact) mass is 332 g/mol. The predicted molar refractivity (Wildman–Crippen MR) is 95.2 cm³/mol. The number of hydrogen-bond donors (Lipinski definition) is 1. The van der Waals surface area contributed by atoms with Gasteiger partial charge < -0.3 is 0 Å². The van der Waals surface area contributed by atoms with E-state index in [1.165, 1.54) is 11.0 Å². The van der Waals surface area contributed by atoms with Gasteiger partial charge in [-0.3, -0.25) is 4.79 Å². The molecule has 124 valence electrons. The van der Waals surface area contributed by atoms with E-state index < -0.39 is 0 Å². The van der Waals surface area contributed by atoms with Crippen molar-refractivity contribution in [3.05, 3.63) is 77.6 Å². The smallest absolute Gasteiger partial charge is 0.267 e. The second-order valence-electron chi connectivity index (χ2n) is 5.30. The van der Waals surface area contributed by atoms with Crippen LogP contribution in [0.15, 0.2) is 71.6 Å². The number of rotatable bonds is 5. The van der Waals surface area contributed by atoms with Crippen LogP contribution in [-0.4, -0.2) is 32.3 Å². The van der Waals surface area contributed by atoms with Gasteiger partial charge in [0, 0.05) is 5.56 Å². The summed E-state index contributed by atoms with van der Waals surface area (Å²) in [6.45, 7) is 1.92. The molecule has 0 radical (unpaired) electrons. The number of allylic oxidation sites excluding steroid dienone is 1. The first-order valence-electron chi connectivity index (χ1n) is 7.62. The second kappa shape index (κ2) is 7.78. The molecule has 1 N–H and O–H groups in total. The molecule has 0 spiro atoms. The third-order valence-corrected chi connectivity index (χ3v) is 3.37. The van der Waals surface area contributed by atoms with E-state index in [1.54, 1.807) is 30.5 Å². The highest BCUT2D eigenvalue weighted by atomic mass is 16.2. The predicted octanol–water partition coefficient (Wildman–Crippen LogP) is 2.48. The first-order valence-corrected chi connectivity index (χ1v) is 7.62. The van der Waals surface area contributed by atoms with Gasteiger partial charge in [-0.2, -0.15) is 5.10 Å². The summed E-state index contributed by atoms with van der Waals surface area (Å²) in [4.78, 5) is 12.1. The van der Waals surface area contributed by atoms with Crippen LogP contribution >= 0.6 is 0 Å². The highest BCUT2D eigenvalue weighted by Crippen LogP contribution is 2.08. The van der Waals surface area contributed by atoms with Gasteiger partial charge in [0.2, 0.25) is 0 Å². The minimum Gasteiger partial charge on any atom is -0.267 e. The molecule has 3 rings (SSSR count). The quantitative estimate of drug-likeness (QED) is 0.574. The fourth-order valence-electron chi connectivity index (χ4n) is 2.15.